The summed E-state index contributed by atoms with van der Waals surface area (Å²) < 4.78 is 17.9. The largest absolute Gasteiger partial charge is 0.490 e. The van der Waals surface area contributed by atoms with Gasteiger partial charge in [0, 0.05) is 35.9 Å². The molecule has 1 amide bonds. The SMILES string of the molecule is CCCC1CC(=O)C2=C(C1)N=C(C)C(C#N)C2c1cc(Br)c(OCc2cccc(CNC(=O)OCC)c2)c(OCC)c1. The van der Waals surface area contributed by atoms with E-state index in [-0.39, 0.29) is 18.3 Å². The van der Waals surface area contributed by atoms with Gasteiger partial charge in [0.1, 0.15) is 6.61 Å². The first kappa shape index (κ1) is 31.3. The van der Waals surface area contributed by atoms with Crippen molar-refractivity contribution in [3.8, 4) is 17.6 Å². The fraction of sp³-hybridized carbons (Fsp3) is 0.455. The van der Waals surface area contributed by atoms with Crippen LogP contribution < -0.4 is 14.8 Å². The summed E-state index contributed by atoms with van der Waals surface area (Å²) in [5, 5.41) is 12.9. The van der Waals surface area contributed by atoms with Crippen LogP contribution in [0.15, 0.2) is 57.1 Å². The number of ketones is 1. The average Bonchev–Trinajstić information content (AvgIpc) is 2.95. The van der Waals surface area contributed by atoms with Gasteiger partial charge in [-0.1, -0.05) is 37.6 Å². The van der Waals surface area contributed by atoms with E-state index in [0.717, 1.165) is 47.4 Å². The lowest BCUT2D eigenvalue weighted by atomic mass is 9.70. The van der Waals surface area contributed by atoms with E-state index in [9.17, 15) is 14.9 Å². The number of hydrogen-bond donors (Lipinski definition) is 1. The van der Waals surface area contributed by atoms with Crippen LogP contribution in [0.3, 0.4) is 0 Å². The van der Waals surface area contributed by atoms with Gasteiger partial charge in [0.05, 0.1) is 29.7 Å². The van der Waals surface area contributed by atoms with Gasteiger partial charge in [-0.25, -0.2) is 4.79 Å². The predicted molar refractivity (Wildman–Crippen MR) is 165 cm³/mol. The summed E-state index contributed by atoms with van der Waals surface area (Å²) in [6, 6.07) is 14.0. The number of Topliss-reactive ketones (excluding diaryl/α,β-unsaturated/α-hetero) is 1. The zero-order valence-electron chi connectivity index (χ0n) is 24.7. The number of aliphatic imine (C=N–C) groups is 1. The van der Waals surface area contributed by atoms with Crippen molar-refractivity contribution in [2.45, 2.75) is 72.4 Å². The molecule has 1 aliphatic heterocycles. The molecule has 2 aliphatic rings. The van der Waals surface area contributed by atoms with E-state index >= 15 is 0 Å². The normalized spacial score (nSPS) is 19.9. The Morgan fingerprint density at radius 3 is 2.62 bits per heavy atom. The fourth-order valence-corrected chi connectivity index (χ4v) is 6.36. The molecule has 42 heavy (non-hydrogen) atoms. The third kappa shape index (κ3) is 7.22. The monoisotopic (exact) mass is 635 g/mol. The Morgan fingerprint density at radius 1 is 1.12 bits per heavy atom. The van der Waals surface area contributed by atoms with Crippen LogP contribution in [-0.4, -0.2) is 30.8 Å². The highest BCUT2D eigenvalue weighted by Crippen LogP contribution is 2.48. The van der Waals surface area contributed by atoms with Crippen LogP contribution in [0.25, 0.3) is 0 Å². The number of ether oxygens (including phenoxy) is 3. The molecule has 0 bridgehead atoms. The third-order valence-corrected chi connectivity index (χ3v) is 8.18. The fourth-order valence-electron chi connectivity index (χ4n) is 5.79. The number of nitrogens with one attached hydrogen (secondary N) is 1. The minimum atomic E-state index is -0.547. The van der Waals surface area contributed by atoms with Gasteiger partial charge >= 0.3 is 6.09 Å². The number of halogens is 1. The van der Waals surface area contributed by atoms with Crippen LogP contribution in [0.2, 0.25) is 0 Å². The molecule has 0 saturated carbocycles. The van der Waals surface area contributed by atoms with Crippen molar-refractivity contribution in [2.75, 3.05) is 13.2 Å². The quantitative estimate of drug-likeness (QED) is 0.275. The molecule has 0 saturated heterocycles. The lowest BCUT2D eigenvalue weighted by Gasteiger charge is -2.35. The first-order valence-electron chi connectivity index (χ1n) is 14.6. The summed E-state index contributed by atoms with van der Waals surface area (Å²) in [4.78, 5) is 29.9. The Balaban J connectivity index is 1.62. The van der Waals surface area contributed by atoms with Gasteiger partial charge in [-0.2, -0.15) is 5.26 Å². The summed E-state index contributed by atoms with van der Waals surface area (Å²) >= 11 is 3.69. The van der Waals surface area contributed by atoms with Crippen LogP contribution in [0, 0.1) is 23.2 Å². The standard InChI is InChI=1S/C33H38BrN3O5/c1-5-9-21-13-27-31(28(38)14-21)30(25(17-35)20(4)37-27)24-15-26(34)32(29(16-24)40-6-2)42-19-23-11-8-10-22(12-23)18-36-33(39)41-7-3/h8,10-12,15-16,21,25,30H,5-7,9,13-14,18-19H2,1-4H3,(H,36,39). The van der Waals surface area contributed by atoms with Crippen molar-refractivity contribution in [3.05, 3.63) is 68.8 Å². The molecule has 0 radical (unpaired) electrons. The Kier molecular flexibility index (Phi) is 10.8. The van der Waals surface area contributed by atoms with E-state index in [1.54, 1.807) is 6.92 Å². The van der Waals surface area contributed by atoms with Crippen LogP contribution in [0.1, 0.15) is 76.0 Å². The van der Waals surface area contributed by atoms with Crippen LogP contribution in [0.5, 0.6) is 11.5 Å². The third-order valence-electron chi connectivity index (χ3n) is 7.59. The molecule has 3 atom stereocenters. The second-order valence-electron chi connectivity index (χ2n) is 10.6. The van der Waals surface area contributed by atoms with Crippen LogP contribution in [0.4, 0.5) is 4.79 Å². The van der Waals surface area contributed by atoms with Crippen molar-refractivity contribution in [1.29, 1.82) is 5.26 Å². The molecule has 8 nitrogen and oxygen atoms in total. The molecule has 1 aliphatic carbocycles. The minimum Gasteiger partial charge on any atom is -0.490 e. The van der Waals surface area contributed by atoms with E-state index in [2.05, 4.69) is 34.2 Å². The first-order valence-corrected chi connectivity index (χ1v) is 15.4. The van der Waals surface area contributed by atoms with Gasteiger partial charge < -0.3 is 19.5 Å². The summed E-state index contributed by atoms with van der Waals surface area (Å²) in [6.45, 7) is 9.02. The number of allylic oxidation sites excluding steroid dienone is 2. The van der Waals surface area contributed by atoms with Gasteiger partial charge in [0.15, 0.2) is 17.3 Å². The number of carbonyl (C=O) groups excluding carboxylic acids is 2. The molecular formula is C33H38BrN3O5. The average molecular weight is 637 g/mol. The summed E-state index contributed by atoms with van der Waals surface area (Å²) in [5.74, 6) is 0.479. The predicted octanol–water partition coefficient (Wildman–Crippen LogP) is 7.40. The van der Waals surface area contributed by atoms with Crippen molar-refractivity contribution < 1.29 is 23.8 Å². The summed E-state index contributed by atoms with van der Waals surface area (Å²) in [6.07, 6.45) is 2.80. The highest BCUT2D eigenvalue weighted by atomic mass is 79.9. The van der Waals surface area contributed by atoms with E-state index < -0.39 is 17.9 Å². The summed E-state index contributed by atoms with van der Waals surface area (Å²) in [7, 11) is 0. The van der Waals surface area contributed by atoms with Crippen molar-refractivity contribution >= 4 is 33.5 Å². The topological polar surface area (TPSA) is 110 Å². The molecule has 4 rings (SSSR count). The number of hydrogen-bond acceptors (Lipinski definition) is 7. The van der Waals surface area contributed by atoms with Gasteiger partial charge in [-0.15, -0.1) is 0 Å². The molecule has 0 spiro atoms. The van der Waals surface area contributed by atoms with Gasteiger partial charge in [-0.3, -0.25) is 9.79 Å². The zero-order chi connectivity index (χ0) is 30.2. The Morgan fingerprint density at radius 2 is 1.90 bits per heavy atom. The van der Waals surface area contributed by atoms with E-state index in [0.29, 0.717) is 47.7 Å². The highest BCUT2D eigenvalue weighted by molar-refractivity contribution is 9.10. The van der Waals surface area contributed by atoms with Gasteiger partial charge in [-0.05, 0) is 84.3 Å². The van der Waals surface area contributed by atoms with E-state index in [4.69, 9.17) is 19.2 Å². The number of nitrogens with zero attached hydrogens (tertiary/aromatic N) is 2. The molecule has 1 heterocycles. The molecule has 222 valence electrons. The number of benzene rings is 2. The van der Waals surface area contributed by atoms with Crippen LogP contribution in [-0.2, 0) is 22.7 Å². The molecule has 1 N–H and O–H groups in total. The maximum Gasteiger partial charge on any atom is 0.407 e. The van der Waals surface area contributed by atoms with E-state index in [1.165, 1.54) is 0 Å². The molecule has 3 unspecified atom stereocenters. The number of amides is 1. The van der Waals surface area contributed by atoms with Crippen molar-refractivity contribution in [1.82, 2.24) is 5.32 Å². The van der Waals surface area contributed by atoms with E-state index in [1.807, 2.05) is 50.2 Å². The lowest BCUT2D eigenvalue weighted by Crippen LogP contribution is -2.32. The van der Waals surface area contributed by atoms with Crippen molar-refractivity contribution in [2.24, 2.45) is 16.8 Å². The molecule has 9 heteroatoms. The Hall–Kier alpha value is -3.64. The Labute approximate surface area is 256 Å². The molecule has 0 fully saturated rings. The van der Waals surface area contributed by atoms with Crippen LogP contribution >= 0.6 is 15.9 Å². The maximum atomic E-state index is 13.5. The maximum absolute atomic E-state index is 13.5. The lowest BCUT2D eigenvalue weighted by molar-refractivity contribution is -0.117. The number of rotatable bonds is 11. The van der Waals surface area contributed by atoms with Crippen molar-refractivity contribution in [3.63, 3.8) is 0 Å². The minimum absolute atomic E-state index is 0.0861. The number of nitriles is 1. The zero-order valence-corrected chi connectivity index (χ0v) is 26.3. The number of alkyl carbamates (subject to hydrolysis) is 1. The van der Waals surface area contributed by atoms with Gasteiger partial charge in [0.2, 0.25) is 0 Å². The molecule has 2 aromatic carbocycles. The molecule has 2 aromatic rings. The highest BCUT2D eigenvalue weighted by Gasteiger charge is 2.41. The summed E-state index contributed by atoms with van der Waals surface area (Å²) in [5.41, 5.74) is 4.88. The van der Waals surface area contributed by atoms with Gasteiger partial charge in [0.25, 0.3) is 0 Å². The number of carbonyl (C=O) groups is 2. The Bertz CT molecular complexity index is 1430. The molecule has 0 aromatic heterocycles. The first-order chi connectivity index (χ1) is 20.3. The smallest absolute Gasteiger partial charge is 0.407 e. The second kappa shape index (κ2) is 14.5. The molecular weight excluding hydrogens is 598 g/mol. The second-order valence-corrected chi connectivity index (χ2v) is 11.5.